The molecule has 12 heteroatoms. The molecule has 0 atom stereocenters. The summed E-state index contributed by atoms with van der Waals surface area (Å²) in [6.07, 6.45) is -4.21. The Morgan fingerprint density at radius 3 is 2.34 bits per heavy atom. The van der Waals surface area contributed by atoms with Crippen molar-refractivity contribution in [1.82, 2.24) is 4.98 Å². The van der Waals surface area contributed by atoms with E-state index in [4.69, 9.17) is 10.2 Å². The molecule has 3 N–H and O–H groups in total. The zero-order valence-electron chi connectivity index (χ0n) is 18.1. The van der Waals surface area contributed by atoms with Crippen molar-refractivity contribution >= 4 is 35.1 Å². The van der Waals surface area contributed by atoms with Crippen LogP contribution in [0.2, 0.25) is 0 Å². The van der Waals surface area contributed by atoms with Gasteiger partial charge < -0.3 is 15.5 Å². The van der Waals surface area contributed by atoms with Gasteiger partial charge in [0.2, 0.25) is 11.7 Å². The van der Waals surface area contributed by atoms with Gasteiger partial charge in [0, 0.05) is 5.69 Å². The minimum Gasteiger partial charge on any atom is -0.417 e. The summed E-state index contributed by atoms with van der Waals surface area (Å²) in [5.74, 6) is -3.48. The molecule has 1 aromatic heterocycles. The third-order valence-corrected chi connectivity index (χ3v) is 5.55. The van der Waals surface area contributed by atoms with Crippen LogP contribution in [0.3, 0.4) is 0 Å². The van der Waals surface area contributed by atoms with Crippen molar-refractivity contribution in [2.45, 2.75) is 25.9 Å². The molecular weight excluding hydrogens is 472 g/mol. The maximum absolute atomic E-state index is 13.5. The number of rotatable bonds is 6. The lowest BCUT2D eigenvalue weighted by atomic mass is 10.0. The van der Waals surface area contributed by atoms with Crippen LogP contribution in [-0.4, -0.2) is 22.7 Å². The summed E-state index contributed by atoms with van der Waals surface area (Å²) in [6, 6.07) is 8.28. The third-order valence-electron chi connectivity index (χ3n) is 5.55. The van der Waals surface area contributed by atoms with Crippen LogP contribution >= 0.6 is 0 Å². The van der Waals surface area contributed by atoms with Gasteiger partial charge in [0.05, 0.1) is 16.9 Å². The van der Waals surface area contributed by atoms with E-state index in [2.05, 4.69) is 10.3 Å². The fourth-order valence-electron chi connectivity index (χ4n) is 3.46. The molecule has 1 aliphatic rings. The zero-order chi connectivity index (χ0) is 25.5. The highest BCUT2D eigenvalue weighted by atomic mass is 19.4. The number of nitrogens with two attached hydrogens (primary N) is 1. The Labute approximate surface area is 195 Å². The molecule has 0 aliphatic heterocycles. The minimum atomic E-state index is -4.61. The molecule has 3 aromatic rings. The first-order valence-electron chi connectivity index (χ1n) is 10.3. The van der Waals surface area contributed by atoms with E-state index in [1.54, 1.807) is 0 Å². The van der Waals surface area contributed by atoms with Crippen LogP contribution in [0.4, 0.5) is 35.0 Å². The molecule has 182 valence electrons. The lowest BCUT2D eigenvalue weighted by Gasteiger charge is -2.22. The van der Waals surface area contributed by atoms with Crippen LogP contribution in [0, 0.1) is 18.2 Å². The minimum absolute atomic E-state index is 0.0216. The molecule has 1 saturated carbocycles. The standard InChI is InChI=1S/C23H18F4N4O4/c1-12-17(18(32)30-15-4-2-3-13(11-15)23(25,26)27)35-21(29-12)31(16-7-5-14(24)6-8-16)20(34)22(9-10-22)19(28)33/h2-8,11H,9-10H2,1H3,(H2,28,33)(H,30,32). The molecule has 35 heavy (non-hydrogen) atoms. The van der Waals surface area contributed by atoms with Gasteiger partial charge >= 0.3 is 12.2 Å². The van der Waals surface area contributed by atoms with Crippen molar-refractivity contribution in [3.63, 3.8) is 0 Å². The fraction of sp³-hybridized carbons (Fsp3) is 0.217. The van der Waals surface area contributed by atoms with Gasteiger partial charge in [0.15, 0.2) is 0 Å². The predicted molar refractivity (Wildman–Crippen MR) is 115 cm³/mol. The van der Waals surface area contributed by atoms with Crippen molar-refractivity contribution < 1.29 is 36.4 Å². The summed E-state index contributed by atoms with van der Waals surface area (Å²) >= 11 is 0. The normalized spacial score (nSPS) is 14.3. The summed E-state index contributed by atoms with van der Waals surface area (Å²) in [4.78, 5) is 43.0. The van der Waals surface area contributed by atoms with Gasteiger partial charge in [-0.25, -0.2) is 9.29 Å². The molecule has 0 radical (unpaired) electrons. The van der Waals surface area contributed by atoms with E-state index >= 15 is 0 Å². The van der Waals surface area contributed by atoms with E-state index in [-0.39, 0.29) is 41.7 Å². The second kappa shape index (κ2) is 8.53. The number of anilines is 3. The Bertz CT molecular complexity index is 1310. The first-order valence-corrected chi connectivity index (χ1v) is 10.3. The van der Waals surface area contributed by atoms with Crippen molar-refractivity contribution in [3.05, 3.63) is 71.4 Å². The number of hydrogen-bond acceptors (Lipinski definition) is 5. The summed E-state index contributed by atoms with van der Waals surface area (Å²) in [6.45, 7) is 1.39. The number of alkyl halides is 3. The third kappa shape index (κ3) is 4.59. The fourth-order valence-corrected chi connectivity index (χ4v) is 3.46. The van der Waals surface area contributed by atoms with E-state index in [0.29, 0.717) is 0 Å². The van der Waals surface area contributed by atoms with E-state index < -0.39 is 40.7 Å². The molecular formula is C23H18F4N4O4. The van der Waals surface area contributed by atoms with Gasteiger partial charge in [0.25, 0.3) is 11.8 Å². The number of hydrogen-bond donors (Lipinski definition) is 2. The number of halogens is 4. The van der Waals surface area contributed by atoms with Crippen LogP contribution in [-0.2, 0) is 15.8 Å². The molecule has 0 bridgehead atoms. The summed E-state index contributed by atoms with van der Waals surface area (Å²) in [7, 11) is 0. The highest BCUT2D eigenvalue weighted by Gasteiger charge is 2.58. The predicted octanol–water partition coefficient (Wildman–Crippen LogP) is 4.32. The van der Waals surface area contributed by atoms with Gasteiger partial charge in [-0.2, -0.15) is 18.2 Å². The average molecular weight is 490 g/mol. The molecule has 1 heterocycles. The Morgan fingerprint density at radius 1 is 1.11 bits per heavy atom. The van der Waals surface area contributed by atoms with Crippen molar-refractivity contribution in [3.8, 4) is 0 Å². The average Bonchev–Trinajstić information content (AvgIpc) is 3.52. The molecule has 3 amide bonds. The Balaban J connectivity index is 1.68. The molecule has 0 saturated heterocycles. The van der Waals surface area contributed by atoms with Crippen LogP contribution in [0.25, 0.3) is 0 Å². The number of nitrogens with zero attached hydrogens (tertiary/aromatic N) is 2. The molecule has 2 aromatic carbocycles. The molecule has 1 aliphatic carbocycles. The Hall–Kier alpha value is -4.22. The first kappa shape index (κ1) is 23.9. The number of aryl methyl sites for hydroxylation is 1. The number of carbonyl (C=O) groups excluding carboxylic acids is 3. The van der Waals surface area contributed by atoms with E-state index in [1.807, 2.05) is 0 Å². The first-order chi connectivity index (χ1) is 16.4. The van der Waals surface area contributed by atoms with Gasteiger partial charge in [-0.3, -0.25) is 14.4 Å². The topological polar surface area (TPSA) is 119 Å². The maximum atomic E-state index is 13.5. The maximum Gasteiger partial charge on any atom is 0.416 e. The smallest absolute Gasteiger partial charge is 0.416 e. The number of benzene rings is 2. The van der Waals surface area contributed by atoms with E-state index in [9.17, 15) is 31.9 Å². The second-order valence-electron chi connectivity index (χ2n) is 8.01. The number of primary amides is 1. The lowest BCUT2D eigenvalue weighted by Crippen LogP contribution is -2.41. The van der Waals surface area contributed by atoms with Crippen LogP contribution < -0.4 is 16.0 Å². The monoisotopic (exact) mass is 490 g/mol. The lowest BCUT2D eigenvalue weighted by molar-refractivity contribution is -0.137. The van der Waals surface area contributed by atoms with Gasteiger partial charge in [-0.15, -0.1) is 0 Å². The molecule has 0 spiro atoms. The molecule has 0 unspecified atom stereocenters. The van der Waals surface area contributed by atoms with Crippen LogP contribution in [0.5, 0.6) is 0 Å². The van der Waals surface area contributed by atoms with Gasteiger partial charge in [0.1, 0.15) is 11.2 Å². The van der Waals surface area contributed by atoms with E-state index in [0.717, 1.165) is 35.2 Å². The SMILES string of the molecule is Cc1nc(N(C(=O)C2(C(N)=O)CC2)c2ccc(F)cc2)oc1C(=O)Nc1cccc(C(F)(F)F)c1. The Kier molecular flexibility index (Phi) is 5.83. The summed E-state index contributed by atoms with van der Waals surface area (Å²) < 4.78 is 57.9. The summed E-state index contributed by atoms with van der Waals surface area (Å²) in [5.41, 5.74) is 2.96. The number of aromatic nitrogens is 1. The van der Waals surface area contributed by atoms with Crippen molar-refractivity contribution in [2.75, 3.05) is 10.2 Å². The van der Waals surface area contributed by atoms with Crippen LogP contribution in [0.15, 0.2) is 52.9 Å². The number of oxazole rings is 1. The molecule has 1 fully saturated rings. The second-order valence-corrected chi connectivity index (χ2v) is 8.01. The molecule has 4 rings (SSSR count). The van der Waals surface area contributed by atoms with Crippen molar-refractivity contribution in [1.29, 1.82) is 0 Å². The number of carbonyl (C=O) groups is 3. The number of nitrogens with one attached hydrogen (secondary N) is 1. The highest BCUT2D eigenvalue weighted by Crippen LogP contribution is 2.49. The highest BCUT2D eigenvalue weighted by molar-refractivity contribution is 6.16. The zero-order valence-corrected chi connectivity index (χ0v) is 18.1. The molecule has 8 nitrogen and oxygen atoms in total. The van der Waals surface area contributed by atoms with Gasteiger partial charge in [-0.05, 0) is 62.2 Å². The van der Waals surface area contributed by atoms with Crippen LogP contribution in [0.1, 0.15) is 34.7 Å². The van der Waals surface area contributed by atoms with E-state index in [1.165, 1.54) is 25.1 Å². The number of amides is 3. The quantitative estimate of drug-likeness (QED) is 0.394. The Morgan fingerprint density at radius 2 is 1.77 bits per heavy atom. The van der Waals surface area contributed by atoms with Crippen molar-refractivity contribution in [2.24, 2.45) is 11.1 Å². The van der Waals surface area contributed by atoms with Gasteiger partial charge in [-0.1, -0.05) is 6.07 Å². The summed E-state index contributed by atoms with van der Waals surface area (Å²) in [5, 5.41) is 2.30. The largest absolute Gasteiger partial charge is 0.417 e.